The van der Waals surface area contributed by atoms with E-state index in [4.69, 9.17) is 4.74 Å². The van der Waals surface area contributed by atoms with Gasteiger partial charge in [0.25, 0.3) is 5.91 Å². The molecule has 1 amide bonds. The molecule has 0 aromatic heterocycles. The maximum Gasteiger partial charge on any atom is 0.252 e. The van der Waals surface area contributed by atoms with Crippen LogP contribution in [0.3, 0.4) is 0 Å². The molecule has 0 saturated heterocycles. The lowest BCUT2D eigenvalue weighted by Gasteiger charge is -2.17. The van der Waals surface area contributed by atoms with Crippen molar-refractivity contribution >= 4 is 5.91 Å². The Morgan fingerprint density at radius 1 is 1.04 bits per heavy atom. The molecule has 0 saturated carbocycles. The average Bonchev–Trinajstić information content (AvgIpc) is 2.74. The number of nitrogens with zero attached hydrogens (tertiary/aromatic N) is 1. The monoisotopic (exact) mass is 370 g/mol. The van der Waals surface area contributed by atoms with E-state index in [2.05, 4.69) is 11.4 Å². The number of hydrogen-bond donors (Lipinski definition) is 1. The number of hydrogen-bond acceptors (Lipinski definition) is 3. The molecule has 4 nitrogen and oxygen atoms in total. The smallest absolute Gasteiger partial charge is 0.252 e. The molecule has 1 atom stereocenters. The summed E-state index contributed by atoms with van der Waals surface area (Å²) >= 11 is 0. The fourth-order valence-corrected chi connectivity index (χ4v) is 3.13. The summed E-state index contributed by atoms with van der Waals surface area (Å²) in [5, 5.41) is 12.5. The summed E-state index contributed by atoms with van der Waals surface area (Å²) in [7, 11) is 0. The van der Waals surface area contributed by atoms with Gasteiger partial charge in [-0.25, -0.2) is 0 Å². The van der Waals surface area contributed by atoms with Crippen LogP contribution < -0.4 is 10.1 Å². The Balaban J connectivity index is 1.88. The van der Waals surface area contributed by atoms with Crippen molar-refractivity contribution in [2.45, 2.75) is 19.9 Å². The molecule has 3 rings (SSSR count). The van der Waals surface area contributed by atoms with Crippen LogP contribution in [-0.4, -0.2) is 12.5 Å². The molecule has 0 spiro atoms. The minimum absolute atomic E-state index is 0.183. The fourth-order valence-electron chi connectivity index (χ4n) is 3.13. The number of nitrogens with one attached hydrogen (secondary N) is 1. The molecule has 1 N–H and O–H groups in total. The third-order valence-corrected chi connectivity index (χ3v) is 4.53. The second-order valence-corrected chi connectivity index (χ2v) is 6.40. The lowest BCUT2D eigenvalue weighted by atomic mass is 9.95. The number of benzene rings is 3. The van der Waals surface area contributed by atoms with E-state index in [0.29, 0.717) is 17.7 Å². The fraction of sp³-hybridized carbons (Fsp3) is 0.167. The van der Waals surface area contributed by atoms with Crippen LogP contribution in [-0.2, 0) is 0 Å². The molecule has 140 valence electrons. The first kappa shape index (κ1) is 19.2. The Hall–Kier alpha value is -3.58. The molecule has 0 fully saturated rings. The lowest BCUT2D eigenvalue weighted by molar-refractivity contribution is 0.0940. The van der Waals surface area contributed by atoms with Crippen molar-refractivity contribution < 1.29 is 9.53 Å². The third kappa shape index (κ3) is 4.21. The van der Waals surface area contributed by atoms with Gasteiger partial charge in [0.05, 0.1) is 24.3 Å². The predicted molar refractivity (Wildman–Crippen MR) is 110 cm³/mol. The second kappa shape index (κ2) is 8.88. The van der Waals surface area contributed by atoms with Crippen molar-refractivity contribution in [3.8, 4) is 22.9 Å². The highest BCUT2D eigenvalue weighted by atomic mass is 16.5. The number of rotatable bonds is 6. The van der Waals surface area contributed by atoms with Crippen LogP contribution in [0.25, 0.3) is 11.1 Å². The summed E-state index contributed by atoms with van der Waals surface area (Å²) in [5.74, 6) is 0.599. The van der Waals surface area contributed by atoms with Gasteiger partial charge in [-0.15, -0.1) is 0 Å². The number of carbonyl (C=O) groups excluding carboxylic acids is 1. The minimum atomic E-state index is -0.188. The van der Waals surface area contributed by atoms with E-state index in [0.717, 1.165) is 22.4 Å². The van der Waals surface area contributed by atoms with E-state index in [9.17, 15) is 10.1 Å². The maximum atomic E-state index is 13.0. The SMILES string of the molecule is CCOc1cccc(C(C)NC(=O)c2ccccc2-c2ccccc2C#N)c1. The topological polar surface area (TPSA) is 62.1 Å². The highest BCUT2D eigenvalue weighted by molar-refractivity contribution is 6.01. The molecule has 0 aliphatic heterocycles. The van der Waals surface area contributed by atoms with Gasteiger partial charge in [0.15, 0.2) is 0 Å². The molecule has 28 heavy (non-hydrogen) atoms. The zero-order chi connectivity index (χ0) is 19.9. The lowest BCUT2D eigenvalue weighted by Crippen LogP contribution is -2.27. The summed E-state index contributed by atoms with van der Waals surface area (Å²) in [4.78, 5) is 13.0. The standard InChI is InChI=1S/C24H22N2O2/c1-3-28-20-11-8-10-18(15-20)17(2)26-24(27)23-14-7-6-13-22(23)21-12-5-4-9-19(21)16-25/h4-15,17H,3H2,1-2H3,(H,26,27). The Bertz CT molecular complexity index is 1020. The Kier molecular flexibility index (Phi) is 6.08. The molecule has 0 bridgehead atoms. The normalized spacial score (nSPS) is 11.3. The first-order chi connectivity index (χ1) is 13.6. The van der Waals surface area contributed by atoms with Crippen molar-refractivity contribution in [2.75, 3.05) is 6.61 Å². The average molecular weight is 370 g/mol. The maximum absolute atomic E-state index is 13.0. The molecule has 0 aliphatic carbocycles. The summed E-state index contributed by atoms with van der Waals surface area (Å²) in [6, 6.07) is 24.4. The largest absolute Gasteiger partial charge is 0.494 e. The Morgan fingerprint density at radius 3 is 2.50 bits per heavy atom. The first-order valence-corrected chi connectivity index (χ1v) is 9.26. The summed E-state index contributed by atoms with van der Waals surface area (Å²) in [6.45, 7) is 4.47. The first-order valence-electron chi connectivity index (χ1n) is 9.26. The van der Waals surface area contributed by atoms with Gasteiger partial charge >= 0.3 is 0 Å². The van der Waals surface area contributed by atoms with Crippen LogP contribution in [0.2, 0.25) is 0 Å². The van der Waals surface area contributed by atoms with Crippen molar-refractivity contribution in [1.82, 2.24) is 5.32 Å². The molecule has 3 aromatic rings. The van der Waals surface area contributed by atoms with E-state index in [1.807, 2.05) is 74.5 Å². The van der Waals surface area contributed by atoms with Gasteiger partial charge in [-0.2, -0.15) is 5.26 Å². The van der Waals surface area contributed by atoms with E-state index >= 15 is 0 Å². The van der Waals surface area contributed by atoms with Gasteiger partial charge in [-0.1, -0.05) is 48.5 Å². The predicted octanol–water partition coefficient (Wildman–Crippen LogP) is 5.11. The van der Waals surface area contributed by atoms with Crippen LogP contribution in [0.5, 0.6) is 5.75 Å². The van der Waals surface area contributed by atoms with Crippen molar-refractivity contribution in [3.63, 3.8) is 0 Å². The second-order valence-electron chi connectivity index (χ2n) is 6.40. The minimum Gasteiger partial charge on any atom is -0.494 e. The van der Waals surface area contributed by atoms with Crippen molar-refractivity contribution in [1.29, 1.82) is 5.26 Å². The van der Waals surface area contributed by atoms with Crippen molar-refractivity contribution in [3.05, 3.63) is 89.5 Å². The number of carbonyl (C=O) groups is 1. The van der Waals surface area contributed by atoms with Gasteiger partial charge < -0.3 is 10.1 Å². The molecule has 4 heteroatoms. The third-order valence-electron chi connectivity index (χ3n) is 4.53. The van der Waals surface area contributed by atoms with Crippen molar-refractivity contribution in [2.24, 2.45) is 0 Å². The van der Waals surface area contributed by atoms with Crippen LogP contribution >= 0.6 is 0 Å². The molecule has 1 unspecified atom stereocenters. The van der Waals surface area contributed by atoms with Crippen LogP contribution in [0.4, 0.5) is 0 Å². The van der Waals surface area contributed by atoms with E-state index in [-0.39, 0.29) is 11.9 Å². The summed E-state index contributed by atoms with van der Waals surface area (Å²) < 4.78 is 5.55. The van der Waals surface area contributed by atoms with E-state index in [1.165, 1.54) is 0 Å². The van der Waals surface area contributed by atoms with E-state index in [1.54, 1.807) is 12.1 Å². The van der Waals surface area contributed by atoms with Gasteiger partial charge in [0.1, 0.15) is 5.75 Å². The zero-order valence-electron chi connectivity index (χ0n) is 16.0. The van der Waals surface area contributed by atoms with Gasteiger partial charge in [0, 0.05) is 11.1 Å². The summed E-state index contributed by atoms with van der Waals surface area (Å²) in [6.07, 6.45) is 0. The quantitative estimate of drug-likeness (QED) is 0.655. The number of nitriles is 1. The zero-order valence-corrected chi connectivity index (χ0v) is 16.0. The Labute approximate surface area is 165 Å². The van der Waals surface area contributed by atoms with E-state index < -0.39 is 0 Å². The van der Waals surface area contributed by atoms with Crippen LogP contribution in [0.1, 0.15) is 41.4 Å². The highest BCUT2D eigenvalue weighted by Crippen LogP contribution is 2.27. The van der Waals surface area contributed by atoms with Gasteiger partial charge in [-0.05, 0) is 49.2 Å². The Morgan fingerprint density at radius 2 is 1.75 bits per heavy atom. The molecule has 3 aromatic carbocycles. The van der Waals surface area contributed by atoms with Gasteiger partial charge in [0.2, 0.25) is 0 Å². The molecule has 0 aliphatic rings. The highest BCUT2D eigenvalue weighted by Gasteiger charge is 2.17. The molecular formula is C24H22N2O2. The molecular weight excluding hydrogens is 348 g/mol. The van der Waals surface area contributed by atoms with Crippen LogP contribution in [0, 0.1) is 11.3 Å². The molecule has 0 radical (unpaired) electrons. The van der Waals surface area contributed by atoms with Crippen LogP contribution in [0.15, 0.2) is 72.8 Å². The van der Waals surface area contributed by atoms with Gasteiger partial charge in [-0.3, -0.25) is 4.79 Å². The summed E-state index contributed by atoms with van der Waals surface area (Å²) in [5.41, 5.74) is 3.54. The molecule has 0 heterocycles. The number of ether oxygens (including phenoxy) is 1. The number of amides is 1.